The van der Waals surface area contributed by atoms with Crippen LogP contribution in [0.2, 0.25) is 0 Å². The van der Waals surface area contributed by atoms with Gasteiger partial charge in [0.2, 0.25) is 29.6 Å². The molecule has 1 saturated carbocycles. The van der Waals surface area contributed by atoms with Crippen LogP contribution in [0.5, 0.6) is 5.75 Å². The summed E-state index contributed by atoms with van der Waals surface area (Å²) in [6.45, 7) is 8.39. The number of aliphatic carboxylic acids is 3. The fraction of sp³-hybridized carbons (Fsp3) is 0.562. The zero-order chi connectivity index (χ0) is 102. The van der Waals surface area contributed by atoms with Gasteiger partial charge in [-0.2, -0.15) is 4.98 Å². The van der Waals surface area contributed by atoms with E-state index in [-0.39, 0.29) is 111 Å². The number of nitrogens with one attached hydrogen (secondary N) is 10. The van der Waals surface area contributed by atoms with E-state index in [1.165, 1.54) is 59.0 Å². The minimum atomic E-state index is -2.65. The Labute approximate surface area is 821 Å². The Morgan fingerprint density at radius 2 is 1.52 bits per heavy atom. The number of benzene rings is 3. The van der Waals surface area contributed by atoms with E-state index in [2.05, 4.69) is 89.6 Å². The quantitative estimate of drug-likeness (QED) is 0.00858. The number of methoxy groups -OCH3 is 1. The molecule has 3 fully saturated rings. The van der Waals surface area contributed by atoms with Crippen molar-refractivity contribution in [2.75, 3.05) is 107 Å². The molecule has 2 saturated heterocycles. The molecule has 1 spiro atoms. The van der Waals surface area contributed by atoms with Crippen LogP contribution in [0.3, 0.4) is 0 Å². The number of hydrogen-bond acceptors (Lipinski definition) is 33. The highest BCUT2D eigenvalue weighted by Crippen LogP contribution is 2.68. The summed E-state index contributed by atoms with van der Waals surface area (Å²) in [6.07, 6.45) is 2.71. The summed E-state index contributed by atoms with van der Waals surface area (Å²) in [7, 11) is 5.75. The molecule has 6 aliphatic rings. The van der Waals surface area contributed by atoms with Gasteiger partial charge in [0.1, 0.15) is 36.9 Å². The normalized spacial score (nSPS) is 23.3. The summed E-state index contributed by atoms with van der Waals surface area (Å²) in [6, 6.07) is 11.6. The molecular weight excluding hydrogens is 1870 g/mol. The number of unbranched alkanes of at least 4 members (excludes halogenated alkanes) is 2. The minimum absolute atomic E-state index is 0.0286. The Bertz CT molecular complexity index is 5700. The molecule has 3 aromatic heterocycles. The van der Waals surface area contributed by atoms with Crippen molar-refractivity contribution in [2.45, 2.75) is 227 Å². The summed E-state index contributed by atoms with van der Waals surface area (Å²) in [5.41, 5.74) is 20.5. The van der Waals surface area contributed by atoms with E-state index in [1.54, 1.807) is 14.2 Å². The average molecular weight is 2000 g/mol. The highest BCUT2D eigenvalue weighted by molar-refractivity contribution is 8.76. The van der Waals surface area contributed by atoms with Crippen molar-refractivity contribution in [3.05, 3.63) is 123 Å². The smallest absolute Gasteiger partial charge is 0.426 e. The van der Waals surface area contributed by atoms with Crippen LogP contribution in [0.25, 0.3) is 22.1 Å². The summed E-state index contributed by atoms with van der Waals surface area (Å²) >= 11 is 0. The summed E-state index contributed by atoms with van der Waals surface area (Å²) in [5.74, 6) is -12.4. The van der Waals surface area contributed by atoms with Crippen molar-refractivity contribution in [3.8, 4) is 5.75 Å². The standard InChI is InChI=1S/C96H129N19O24S2/c1-6-92(135)44-55-45-94(52-138-53-116,78-64(29-35-114(49-55)51-92)63-16-8-9-17-68(63)107-78)66-42-65-71(43-73(66)137-5)113(4)87-95(65)31-36-115-34-14-30-93(7-2,86(95)115)88(132)96(87,136)89(133)111-112-91(134)139-37-38-140-141-50-67(98)82(126)100-33-13-11-18-69(72(119)26-28-74(120)102-48-62(118)40-57(15-10-12-32-97)81(125)104-54(3)39-76(122)123)106-75(121)27-21-58(84(128)129)41-61(117)24-25-70(85(130)131)108-80(124)56-19-22-59(23-20-56)101-46-60-47-103-79-77(105-60)83(127)110-90(99)109-79/h8-9,14,16-17,19-20,22-23,30,42-43,47,53-55,57-58,67,69-70,86-88,101,107,132,135-136H,6-7,10-13,15,18,21,24-29,31-41,44-46,48-52,97-98H2,1-5H3,(H,100,126)(H,102,120)(H,104,125)(H,106,121)(H,108,124)(H,111,133)(H,112,134)(H,122,123)(H,128,129)(H,130,131)(H3,99,103,109,110,127)/t54-,55-,57-,58-,67+,69+,70+,86+,87-,88-,92+,93-,94+,95-,96-/m1/s1. The number of amides is 7. The summed E-state index contributed by atoms with van der Waals surface area (Å²) in [4.78, 5) is 222. The van der Waals surface area contributed by atoms with Gasteiger partial charge in [0.25, 0.3) is 23.8 Å². The number of ketones is 3. The molecule has 12 rings (SSSR count). The summed E-state index contributed by atoms with van der Waals surface area (Å²) in [5, 5.41) is 85.4. The number of fused-ring (bicyclic) bond motifs is 7. The molecule has 8 heterocycles. The lowest BCUT2D eigenvalue weighted by atomic mass is 9.47. The lowest BCUT2D eigenvalue weighted by molar-refractivity contribution is -0.204. The summed E-state index contributed by atoms with van der Waals surface area (Å²) < 4.78 is 18.0. The average Bonchev–Trinajstić information content (AvgIpc) is 1.48. The molecule has 22 N–H and O–H groups in total. The Morgan fingerprint density at radius 1 is 0.766 bits per heavy atom. The monoisotopic (exact) mass is 2000 g/mol. The maximum atomic E-state index is 15.3. The van der Waals surface area contributed by atoms with Crippen molar-refractivity contribution in [1.29, 1.82) is 0 Å². The Hall–Kier alpha value is -12.2. The third-order valence-electron chi connectivity index (χ3n) is 28.3. The number of aromatic nitrogens is 5. The molecule has 7 amide bonds. The Morgan fingerprint density at radius 3 is 2.25 bits per heavy atom. The van der Waals surface area contributed by atoms with E-state index in [0.717, 1.165) is 27.7 Å². The molecule has 141 heavy (non-hydrogen) atoms. The number of hydrazine groups is 1. The van der Waals surface area contributed by atoms with Gasteiger partial charge in [0, 0.05) is 164 Å². The van der Waals surface area contributed by atoms with Gasteiger partial charge in [-0.3, -0.25) is 82.5 Å². The van der Waals surface area contributed by atoms with Crippen molar-refractivity contribution >= 4 is 144 Å². The number of hydrogen-bond donors (Lipinski definition) is 19. The zero-order valence-electron chi connectivity index (χ0n) is 79.7. The van der Waals surface area contributed by atoms with Gasteiger partial charge in [-0.15, -0.1) is 0 Å². The number of likely N-dealkylation sites (N-methyl/N-ethyl adjacent to an activating group) is 1. The number of carbonyl (C=O) groups excluding carboxylic acids is 11. The lowest BCUT2D eigenvalue weighted by Crippen LogP contribution is -2.82. The molecule has 764 valence electrons. The number of carboxylic acids is 3. The number of nitrogens with two attached hydrogens (primary N) is 3. The molecule has 3 aromatic carbocycles. The first-order valence-electron chi connectivity index (χ1n) is 47.7. The van der Waals surface area contributed by atoms with Gasteiger partial charge in [-0.05, 0) is 157 Å². The fourth-order valence-electron chi connectivity index (χ4n) is 21.5. The Kier molecular flexibility index (Phi) is 36.6. The second-order valence-electron chi connectivity index (χ2n) is 37.7. The highest BCUT2D eigenvalue weighted by atomic mass is 33.1. The van der Waals surface area contributed by atoms with Crippen LogP contribution in [0, 0.1) is 23.2 Å². The molecule has 16 atom stereocenters. The van der Waals surface area contributed by atoms with E-state index in [4.69, 9.17) is 31.4 Å². The van der Waals surface area contributed by atoms with E-state index < -0.39 is 215 Å². The molecule has 1 aliphatic carbocycles. The first-order chi connectivity index (χ1) is 67.4. The minimum Gasteiger partial charge on any atom is -0.496 e. The first kappa shape index (κ1) is 108. The number of H-pyrrole nitrogens is 2. The van der Waals surface area contributed by atoms with Crippen LogP contribution in [0.1, 0.15) is 188 Å². The van der Waals surface area contributed by atoms with E-state index >= 15 is 4.79 Å². The fourth-order valence-corrected chi connectivity index (χ4v) is 23.5. The second-order valence-corrected chi connectivity index (χ2v) is 40.3. The van der Waals surface area contributed by atoms with Crippen molar-refractivity contribution < 1.29 is 112 Å². The van der Waals surface area contributed by atoms with Crippen LogP contribution >= 0.6 is 21.6 Å². The van der Waals surface area contributed by atoms with Crippen LogP contribution in [0.4, 0.5) is 22.1 Å². The van der Waals surface area contributed by atoms with Crippen LogP contribution in [-0.2, 0) is 90.8 Å². The Balaban J connectivity index is 0.625. The number of rotatable bonds is 52. The van der Waals surface area contributed by atoms with Gasteiger partial charge in [-0.1, -0.05) is 72.2 Å². The molecule has 43 nitrogen and oxygen atoms in total. The molecule has 45 heteroatoms. The molecule has 5 aliphatic heterocycles. The molecule has 1 unspecified atom stereocenters. The maximum absolute atomic E-state index is 15.3. The second kappa shape index (κ2) is 48.0. The number of aliphatic hydroxyl groups excluding tert-OH is 1. The van der Waals surface area contributed by atoms with Crippen molar-refractivity contribution in [2.24, 2.45) is 34.6 Å². The van der Waals surface area contributed by atoms with E-state index in [0.29, 0.717) is 119 Å². The molecular formula is C96H129N19O24S2. The topological polar surface area (TPSA) is 659 Å². The van der Waals surface area contributed by atoms with Crippen molar-refractivity contribution in [3.63, 3.8) is 0 Å². The zero-order valence-corrected chi connectivity index (χ0v) is 81.3. The number of carbonyl (C=O) groups is 14. The molecule has 0 radical (unpaired) electrons. The predicted molar refractivity (Wildman–Crippen MR) is 521 cm³/mol. The third-order valence-corrected chi connectivity index (χ3v) is 30.7. The van der Waals surface area contributed by atoms with Crippen LogP contribution in [0.15, 0.2) is 83.8 Å². The first-order valence-corrected chi connectivity index (χ1v) is 50.2. The number of aromatic amines is 2. The predicted octanol–water partition coefficient (Wildman–Crippen LogP) is 2.96. The number of anilines is 3. The number of nitrogens with zero attached hydrogens (tertiary/aromatic N) is 6. The number of aliphatic hydroxyl groups is 3. The van der Waals surface area contributed by atoms with E-state index in [9.17, 15) is 97.8 Å². The van der Waals surface area contributed by atoms with Gasteiger partial charge >= 0.3 is 24.0 Å². The number of carboxylic acid groups (broad SMARTS) is 3. The number of Topliss-reactive ketones (excluding diaryl/α,β-unsaturated/α-hetero) is 3. The van der Waals surface area contributed by atoms with Gasteiger partial charge < -0.3 is 104 Å². The van der Waals surface area contributed by atoms with Crippen molar-refractivity contribution in [1.82, 2.24) is 72.2 Å². The number of ether oxygens (including phenoxy) is 3. The van der Waals surface area contributed by atoms with Crippen LogP contribution < -0.4 is 75.1 Å². The van der Waals surface area contributed by atoms with Gasteiger partial charge in [0.15, 0.2) is 28.3 Å². The number of nitrogen functional groups attached to an aromatic ring is 1. The maximum Gasteiger partial charge on any atom is 0.426 e. The molecule has 2 bridgehead atoms. The highest BCUT2D eigenvalue weighted by Gasteiger charge is 2.79. The number of piperidine rings is 1. The SMILES string of the molecule is CC[C@]1(O)C[C@H]2CN(CCc3c([nH]c4ccccc34)[C@@](COC=O)(c3cc4c(cc3OC)N(C)[C@H]3[C@](O)(C(=O)NNC(=O)OCCSSC[C@H](N)C(=O)NCCCC[C@H](NC(=O)CC[C@H](CC(=O)CC[C@H](NC(=O)c5ccc(NCc6cnc7nc(N)[nH]c(=O)c7n6)cc5)C(=O)O)C(=O)O)C(=O)CCC(=O)NCC(=O)C[C@@H](CCCCN)C(=O)N[C@H](C)CC(=O)O)[C@H](O)[C@]5(CC)C=CCN6CC[C@]43[C@@H]65)C2)C1. The van der Waals surface area contributed by atoms with E-state index in [1.807, 2.05) is 55.2 Å². The lowest BCUT2D eigenvalue weighted by Gasteiger charge is -2.63. The van der Waals surface area contributed by atoms with Gasteiger partial charge in [-0.25, -0.2) is 25.0 Å². The van der Waals surface area contributed by atoms with Gasteiger partial charge in [0.05, 0.1) is 73.6 Å². The largest absolute Gasteiger partial charge is 0.496 e. The number of para-hydroxylation sites is 1. The third kappa shape index (κ3) is 25.1. The molecule has 6 aromatic rings. The van der Waals surface area contributed by atoms with Crippen LogP contribution in [-0.4, -0.2) is 293 Å².